The SMILES string of the molecule is C(CSc1ccccc1)=C1C2CC3CC(C2)CC1C3. The van der Waals surface area contributed by atoms with Gasteiger partial charge in [-0.1, -0.05) is 29.8 Å². The molecule has 5 rings (SSSR count). The molecule has 4 bridgehead atoms. The molecule has 0 amide bonds. The Balaban J connectivity index is 1.43. The molecule has 100 valence electrons. The van der Waals surface area contributed by atoms with Crippen LogP contribution in [0.3, 0.4) is 0 Å². The molecular weight excluding hydrogens is 248 g/mol. The molecule has 1 aromatic rings. The minimum atomic E-state index is 0.965. The van der Waals surface area contributed by atoms with Gasteiger partial charge in [-0.15, -0.1) is 11.8 Å². The van der Waals surface area contributed by atoms with Crippen LogP contribution in [0, 0.1) is 23.7 Å². The number of thioether (sulfide) groups is 1. The maximum Gasteiger partial charge on any atom is 0.0163 e. The fourth-order valence-corrected chi connectivity index (χ4v) is 5.63. The average molecular weight is 270 g/mol. The van der Waals surface area contributed by atoms with Gasteiger partial charge in [0.15, 0.2) is 0 Å². The van der Waals surface area contributed by atoms with E-state index in [2.05, 4.69) is 36.4 Å². The van der Waals surface area contributed by atoms with Gasteiger partial charge in [-0.25, -0.2) is 0 Å². The van der Waals surface area contributed by atoms with Crippen molar-refractivity contribution < 1.29 is 0 Å². The van der Waals surface area contributed by atoms with Crippen LogP contribution in [0.4, 0.5) is 0 Å². The van der Waals surface area contributed by atoms with Gasteiger partial charge >= 0.3 is 0 Å². The van der Waals surface area contributed by atoms with Crippen LogP contribution in [0.25, 0.3) is 0 Å². The summed E-state index contributed by atoms with van der Waals surface area (Å²) < 4.78 is 0. The molecule has 0 spiro atoms. The van der Waals surface area contributed by atoms with Crippen molar-refractivity contribution in [1.29, 1.82) is 0 Å². The molecule has 0 nitrogen and oxygen atoms in total. The first-order chi connectivity index (χ1) is 9.38. The summed E-state index contributed by atoms with van der Waals surface area (Å²) in [6.07, 6.45) is 10.2. The molecular formula is C18H22S. The van der Waals surface area contributed by atoms with Gasteiger partial charge in [0.2, 0.25) is 0 Å². The molecule has 0 N–H and O–H groups in total. The van der Waals surface area contributed by atoms with Gasteiger partial charge in [-0.05, 0) is 67.9 Å². The first-order valence-corrected chi connectivity index (χ1v) is 8.75. The summed E-state index contributed by atoms with van der Waals surface area (Å²) in [7, 11) is 0. The largest absolute Gasteiger partial charge is 0.122 e. The number of hydrogen-bond acceptors (Lipinski definition) is 1. The lowest BCUT2D eigenvalue weighted by molar-refractivity contribution is 0.0695. The van der Waals surface area contributed by atoms with Crippen molar-refractivity contribution in [1.82, 2.24) is 0 Å². The molecule has 4 saturated carbocycles. The van der Waals surface area contributed by atoms with Gasteiger partial charge < -0.3 is 0 Å². The Morgan fingerprint density at radius 2 is 1.53 bits per heavy atom. The smallest absolute Gasteiger partial charge is 0.0163 e. The second-order valence-electron chi connectivity index (χ2n) is 6.63. The molecule has 0 aliphatic heterocycles. The lowest BCUT2D eigenvalue weighted by Gasteiger charge is -2.51. The van der Waals surface area contributed by atoms with Crippen molar-refractivity contribution in [3.63, 3.8) is 0 Å². The Kier molecular flexibility index (Phi) is 3.19. The highest BCUT2D eigenvalue weighted by molar-refractivity contribution is 7.99. The summed E-state index contributed by atoms with van der Waals surface area (Å²) >= 11 is 1.99. The molecule has 0 aromatic heterocycles. The van der Waals surface area contributed by atoms with E-state index in [1.165, 1.54) is 36.3 Å². The second-order valence-corrected chi connectivity index (χ2v) is 7.73. The quantitative estimate of drug-likeness (QED) is 0.540. The highest BCUT2D eigenvalue weighted by Gasteiger charge is 2.44. The molecule has 19 heavy (non-hydrogen) atoms. The van der Waals surface area contributed by atoms with E-state index in [4.69, 9.17) is 0 Å². The third-order valence-electron chi connectivity index (χ3n) is 5.39. The average Bonchev–Trinajstić information content (AvgIpc) is 2.42. The summed E-state index contributed by atoms with van der Waals surface area (Å²) in [5.41, 5.74) is 1.84. The van der Waals surface area contributed by atoms with E-state index in [0.29, 0.717) is 0 Å². The van der Waals surface area contributed by atoms with Crippen LogP contribution in [-0.4, -0.2) is 5.75 Å². The zero-order valence-corrected chi connectivity index (χ0v) is 12.2. The minimum Gasteiger partial charge on any atom is -0.122 e. The minimum absolute atomic E-state index is 0.965. The number of allylic oxidation sites excluding steroid dienone is 1. The van der Waals surface area contributed by atoms with Crippen LogP contribution in [0.15, 0.2) is 46.9 Å². The molecule has 4 aliphatic rings. The van der Waals surface area contributed by atoms with E-state index in [1.54, 1.807) is 6.42 Å². The van der Waals surface area contributed by atoms with Crippen LogP contribution < -0.4 is 0 Å². The second kappa shape index (κ2) is 5.01. The summed E-state index contributed by atoms with van der Waals surface area (Å²) in [5.74, 6) is 5.27. The van der Waals surface area contributed by atoms with Gasteiger partial charge in [0.1, 0.15) is 0 Å². The predicted octanol–water partition coefficient (Wildman–Crippen LogP) is 5.16. The number of benzene rings is 1. The van der Waals surface area contributed by atoms with Crippen LogP contribution in [0.5, 0.6) is 0 Å². The van der Waals surface area contributed by atoms with Crippen LogP contribution in [0.2, 0.25) is 0 Å². The van der Waals surface area contributed by atoms with Crippen molar-refractivity contribution in [2.45, 2.75) is 37.0 Å². The number of rotatable bonds is 3. The predicted molar refractivity (Wildman–Crippen MR) is 82.3 cm³/mol. The van der Waals surface area contributed by atoms with Crippen molar-refractivity contribution in [2.24, 2.45) is 23.7 Å². The summed E-state index contributed by atoms with van der Waals surface area (Å²) in [4.78, 5) is 1.41. The molecule has 4 fully saturated rings. The molecule has 0 saturated heterocycles. The summed E-state index contributed by atoms with van der Waals surface area (Å²) in [6.45, 7) is 0. The third-order valence-corrected chi connectivity index (χ3v) is 6.33. The van der Waals surface area contributed by atoms with Crippen molar-refractivity contribution in [3.8, 4) is 0 Å². The highest BCUT2D eigenvalue weighted by Crippen LogP contribution is 2.56. The Morgan fingerprint density at radius 1 is 0.895 bits per heavy atom. The molecule has 4 aliphatic carbocycles. The molecule has 0 unspecified atom stereocenters. The van der Waals surface area contributed by atoms with Crippen LogP contribution in [-0.2, 0) is 0 Å². The van der Waals surface area contributed by atoms with E-state index in [-0.39, 0.29) is 0 Å². The van der Waals surface area contributed by atoms with E-state index >= 15 is 0 Å². The lowest BCUT2D eigenvalue weighted by Crippen LogP contribution is -2.40. The highest BCUT2D eigenvalue weighted by atomic mass is 32.2. The lowest BCUT2D eigenvalue weighted by atomic mass is 9.54. The third kappa shape index (κ3) is 2.38. The van der Waals surface area contributed by atoms with E-state index in [1.807, 2.05) is 17.3 Å². The van der Waals surface area contributed by atoms with Crippen molar-refractivity contribution >= 4 is 11.8 Å². The summed E-state index contributed by atoms with van der Waals surface area (Å²) in [6, 6.07) is 10.8. The normalized spacial score (nSPS) is 35.7. The fourth-order valence-electron chi connectivity index (χ4n) is 4.81. The van der Waals surface area contributed by atoms with Gasteiger partial charge in [-0.2, -0.15) is 0 Å². The van der Waals surface area contributed by atoms with Gasteiger partial charge in [0.25, 0.3) is 0 Å². The first-order valence-electron chi connectivity index (χ1n) is 7.76. The van der Waals surface area contributed by atoms with Crippen LogP contribution >= 0.6 is 11.8 Å². The Labute approximate surface area is 120 Å². The maximum atomic E-state index is 2.59. The van der Waals surface area contributed by atoms with E-state index < -0.39 is 0 Å². The monoisotopic (exact) mass is 270 g/mol. The van der Waals surface area contributed by atoms with Gasteiger partial charge in [0.05, 0.1) is 0 Å². The molecule has 1 heteroatoms. The Morgan fingerprint density at radius 3 is 2.16 bits per heavy atom. The van der Waals surface area contributed by atoms with E-state index in [0.717, 1.165) is 23.7 Å². The van der Waals surface area contributed by atoms with E-state index in [9.17, 15) is 0 Å². The topological polar surface area (TPSA) is 0 Å². The Bertz CT molecular complexity index is 444. The van der Waals surface area contributed by atoms with Crippen molar-refractivity contribution in [3.05, 3.63) is 42.0 Å². The van der Waals surface area contributed by atoms with Crippen molar-refractivity contribution in [2.75, 3.05) is 5.75 Å². The molecule has 1 aromatic carbocycles. The standard InChI is InChI=1S/C18H22S/c1-2-4-17(5-3-1)19-7-6-18-15-9-13-8-14(11-15)12-16(18)10-13/h1-6,13-16H,7-12H2. The molecule has 0 radical (unpaired) electrons. The van der Waals surface area contributed by atoms with Gasteiger partial charge in [-0.3, -0.25) is 0 Å². The molecule has 0 atom stereocenters. The summed E-state index contributed by atoms with van der Waals surface area (Å²) in [5, 5.41) is 0. The maximum absolute atomic E-state index is 2.59. The fraction of sp³-hybridized carbons (Fsp3) is 0.556. The zero-order chi connectivity index (χ0) is 12.7. The van der Waals surface area contributed by atoms with Gasteiger partial charge in [0, 0.05) is 10.6 Å². The molecule has 0 heterocycles. The van der Waals surface area contributed by atoms with Crippen LogP contribution in [0.1, 0.15) is 32.1 Å². The Hall–Kier alpha value is -0.690. The first kappa shape index (κ1) is 12.1. The zero-order valence-electron chi connectivity index (χ0n) is 11.4. The number of hydrogen-bond donors (Lipinski definition) is 0.